The van der Waals surface area contributed by atoms with Crippen LogP contribution in [0, 0.1) is 0 Å². The molecule has 3 heterocycles. The van der Waals surface area contributed by atoms with E-state index >= 15 is 0 Å². The molecule has 0 spiro atoms. The number of anilines is 2. The fourth-order valence-electron chi connectivity index (χ4n) is 4.77. The van der Waals surface area contributed by atoms with Crippen molar-refractivity contribution in [1.82, 2.24) is 4.90 Å². The summed E-state index contributed by atoms with van der Waals surface area (Å²) in [6.45, 7) is 2.83. The Labute approximate surface area is 228 Å². The van der Waals surface area contributed by atoms with Gasteiger partial charge in [-0.2, -0.15) is 0 Å². The molecular formula is C31H25N3O4S. The second-order valence-electron chi connectivity index (χ2n) is 9.32. The number of carbonyl (C=O) groups is 2. The summed E-state index contributed by atoms with van der Waals surface area (Å²) in [6, 6.07) is 27.5. The zero-order valence-electron chi connectivity index (χ0n) is 21.0. The van der Waals surface area contributed by atoms with Gasteiger partial charge >= 0.3 is 5.63 Å². The van der Waals surface area contributed by atoms with Crippen molar-refractivity contribution in [1.29, 1.82) is 0 Å². The van der Waals surface area contributed by atoms with E-state index in [9.17, 15) is 14.4 Å². The molecule has 0 bridgehead atoms. The Morgan fingerprint density at radius 2 is 1.62 bits per heavy atom. The molecule has 1 fully saturated rings. The van der Waals surface area contributed by atoms with Crippen molar-refractivity contribution >= 4 is 45.5 Å². The molecule has 0 unspecified atom stereocenters. The van der Waals surface area contributed by atoms with Crippen LogP contribution in [0.2, 0.25) is 0 Å². The van der Waals surface area contributed by atoms with Gasteiger partial charge in [-0.1, -0.05) is 36.4 Å². The summed E-state index contributed by atoms with van der Waals surface area (Å²) in [4.78, 5) is 43.1. The van der Waals surface area contributed by atoms with Crippen LogP contribution in [0.1, 0.15) is 20.0 Å². The zero-order valence-corrected chi connectivity index (χ0v) is 21.8. The summed E-state index contributed by atoms with van der Waals surface area (Å²) in [6.07, 6.45) is 0. The quantitative estimate of drug-likeness (QED) is 0.291. The number of hydrogen-bond donors (Lipinski definition) is 1. The van der Waals surface area contributed by atoms with Gasteiger partial charge in [-0.3, -0.25) is 9.59 Å². The lowest BCUT2D eigenvalue weighted by molar-refractivity contribution is 0.0751. The first-order valence-corrected chi connectivity index (χ1v) is 13.6. The monoisotopic (exact) mass is 535 g/mol. The molecule has 3 aromatic carbocycles. The summed E-state index contributed by atoms with van der Waals surface area (Å²) in [7, 11) is 0. The Balaban J connectivity index is 1.11. The summed E-state index contributed by atoms with van der Waals surface area (Å²) >= 11 is 1.47. The van der Waals surface area contributed by atoms with Gasteiger partial charge in [0.05, 0.1) is 10.4 Å². The van der Waals surface area contributed by atoms with E-state index in [2.05, 4.69) is 10.2 Å². The van der Waals surface area contributed by atoms with E-state index < -0.39 is 5.63 Å². The second kappa shape index (κ2) is 10.6. The Morgan fingerprint density at radius 1 is 0.821 bits per heavy atom. The SMILES string of the molecule is O=C(Nc1ccc(N2CCN(C(=O)c3cccs3)CC2)cc1)c1cccc(-c2cc3ccccc3oc2=O)c1. The van der Waals surface area contributed by atoms with Crippen molar-refractivity contribution in [3.8, 4) is 11.1 Å². The lowest BCUT2D eigenvalue weighted by atomic mass is 10.0. The van der Waals surface area contributed by atoms with Crippen molar-refractivity contribution in [2.45, 2.75) is 0 Å². The first kappa shape index (κ1) is 24.6. The first-order chi connectivity index (χ1) is 19.0. The summed E-state index contributed by atoms with van der Waals surface area (Å²) in [5.41, 5.74) is 3.26. The highest BCUT2D eigenvalue weighted by Gasteiger charge is 2.23. The third-order valence-corrected chi connectivity index (χ3v) is 7.72. The van der Waals surface area contributed by atoms with E-state index in [4.69, 9.17) is 4.42 Å². The molecule has 2 aromatic heterocycles. The first-order valence-electron chi connectivity index (χ1n) is 12.7. The number of piperazine rings is 1. The number of rotatable bonds is 5. The molecule has 7 nitrogen and oxygen atoms in total. The minimum absolute atomic E-state index is 0.0910. The maximum Gasteiger partial charge on any atom is 0.344 e. The third kappa shape index (κ3) is 5.19. The van der Waals surface area contributed by atoms with Gasteiger partial charge < -0.3 is 19.5 Å². The van der Waals surface area contributed by atoms with Gasteiger partial charge in [0.15, 0.2) is 0 Å². The number of amides is 2. The van der Waals surface area contributed by atoms with E-state index in [0.717, 1.165) is 29.0 Å². The highest BCUT2D eigenvalue weighted by molar-refractivity contribution is 7.12. The second-order valence-corrected chi connectivity index (χ2v) is 10.3. The lowest BCUT2D eigenvalue weighted by Crippen LogP contribution is -2.48. The Hall–Kier alpha value is -4.69. The predicted molar refractivity (Wildman–Crippen MR) is 155 cm³/mol. The van der Waals surface area contributed by atoms with Crippen molar-refractivity contribution in [3.05, 3.63) is 117 Å². The Bertz CT molecular complexity index is 1700. The van der Waals surface area contributed by atoms with Gasteiger partial charge in [-0.15, -0.1) is 11.3 Å². The van der Waals surface area contributed by atoms with Crippen molar-refractivity contribution in [2.75, 3.05) is 36.4 Å². The molecule has 1 saturated heterocycles. The molecule has 194 valence electrons. The van der Waals surface area contributed by atoms with Gasteiger partial charge in [-0.05, 0) is 65.5 Å². The van der Waals surface area contributed by atoms with Gasteiger partial charge in [0.2, 0.25) is 0 Å². The molecular weight excluding hydrogens is 510 g/mol. The molecule has 1 aliphatic rings. The van der Waals surface area contributed by atoms with Crippen LogP contribution in [-0.2, 0) is 0 Å². The van der Waals surface area contributed by atoms with Crippen molar-refractivity contribution < 1.29 is 14.0 Å². The molecule has 39 heavy (non-hydrogen) atoms. The van der Waals surface area contributed by atoms with E-state index in [1.165, 1.54) is 11.3 Å². The molecule has 6 rings (SSSR count). The van der Waals surface area contributed by atoms with E-state index in [1.807, 2.05) is 64.9 Å². The number of nitrogens with zero attached hydrogens (tertiary/aromatic N) is 2. The van der Waals surface area contributed by atoms with E-state index in [1.54, 1.807) is 36.4 Å². The van der Waals surface area contributed by atoms with Crippen molar-refractivity contribution in [2.24, 2.45) is 0 Å². The van der Waals surface area contributed by atoms with Crippen LogP contribution < -0.4 is 15.8 Å². The summed E-state index contributed by atoms with van der Waals surface area (Å²) in [5.74, 6) is -0.177. The summed E-state index contributed by atoms with van der Waals surface area (Å²) in [5, 5.41) is 5.68. The Morgan fingerprint density at radius 3 is 2.38 bits per heavy atom. The van der Waals surface area contributed by atoms with Crippen LogP contribution in [0.25, 0.3) is 22.1 Å². The molecule has 2 amide bonds. The molecule has 5 aromatic rings. The highest BCUT2D eigenvalue weighted by atomic mass is 32.1. The van der Waals surface area contributed by atoms with Gasteiger partial charge in [0, 0.05) is 48.5 Å². The summed E-state index contributed by atoms with van der Waals surface area (Å²) < 4.78 is 5.46. The van der Waals surface area contributed by atoms with Crippen molar-refractivity contribution in [3.63, 3.8) is 0 Å². The fraction of sp³-hybridized carbons (Fsp3) is 0.129. The zero-order chi connectivity index (χ0) is 26.8. The average molecular weight is 536 g/mol. The van der Waals surface area contributed by atoms with Crippen LogP contribution in [0.4, 0.5) is 11.4 Å². The number of hydrogen-bond acceptors (Lipinski definition) is 6. The molecule has 0 radical (unpaired) electrons. The topological polar surface area (TPSA) is 82.9 Å². The van der Waals surface area contributed by atoms with Crippen LogP contribution in [0.5, 0.6) is 0 Å². The van der Waals surface area contributed by atoms with E-state index in [0.29, 0.717) is 41.1 Å². The lowest BCUT2D eigenvalue weighted by Gasteiger charge is -2.36. The van der Waals surface area contributed by atoms with Crippen LogP contribution in [0.15, 0.2) is 106 Å². The Kier molecular flexibility index (Phi) is 6.69. The third-order valence-electron chi connectivity index (χ3n) is 6.87. The van der Waals surface area contributed by atoms with Crippen LogP contribution in [0.3, 0.4) is 0 Å². The molecule has 0 atom stereocenters. The number of para-hydroxylation sites is 1. The van der Waals surface area contributed by atoms with Gasteiger partial charge in [0.1, 0.15) is 5.58 Å². The van der Waals surface area contributed by atoms with E-state index in [-0.39, 0.29) is 11.8 Å². The van der Waals surface area contributed by atoms with Gasteiger partial charge in [0.25, 0.3) is 11.8 Å². The molecule has 0 aliphatic carbocycles. The van der Waals surface area contributed by atoms with Gasteiger partial charge in [-0.25, -0.2) is 4.79 Å². The maximum absolute atomic E-state index is 13.0. The normalized spacial score (nSPS) is 13.4. The maximum atomic E-state index is 13.0. The average Bonchev–Trinajstić information content (AvgIpc) is 3.52. The number of thiophene rings is 1. The molecule has 8 heteroatoms. The number of carbonyl (C=O) groups excluding carboxylic acids is 2. The number of nitrogens with one attached hydrogen (secondary N) is 1. The minimum Gasteiger partial charge on any atom is -0.422 e. The molecule has 0 saturated carbocycles. The standard InChI is InChI=1S/C31H25N3O4S/c35-29(23-7-3-6-21(19-23)26-20-22-5-1-2-8-27(22)38-31(26)37)32-24-10-12-25(13-11-24)33-14-16-34(17-15-33)30(36)28-9-4-18-39-28/h1-13,18-20H,14-17H2,(H,32,35). The molecule has 1 aliphatic heterocycles. The fourth-order valence-corrected chi connectivity index (χ4v) is 5.46. The highest BCUT2D eigenvalue weighted by Crippen LogP contribution is 2.24. The smallest absolute Gasteiger partial charge is 0.344 e. The predicted octanol–water partition coefficient (Wildman–Crippen LogP) is 5.74. The number of fused-ring (bicyclic) bond motifs is 1. The van der Waals surface area contributed by atoms with Crippen LogP contribution in [-0.4, -0.2) is 42.9 Å². The largest absolute Gasteiger partial charge is 0.422 e. The van der Waals surface area contributed by atoms with Crippen LogP contribution >= 0.6 is 11.3 Å². The minimum atomic E-state index is -0.446. The molecule has 1 N–H and O–H groups in total. The number of benzene rings is 3.